The topological polar surface area (TPSA) is 54.3 Å². The van der Waals surface area contributed by atoms with E-state index in [9.17, 15) is 9.59 Å². The van der Waals surface area contributed by atoms with E-state index in [1.54, 1.807) is 11.3 Å². The maximum Gasteiger partial charge on any atom is 0.259 e. The van der Waals surface area contributed by atoms with Crippen LogP contribution in [-0.4, -0.2) is 27.8 Å². The summed E-state index contributed by atoms with van der Waals surface area (Å²) in [5, 5.41) is 6.70. The molecule has 1 atom stereocenters. The summed E-state index contributed by atoms with van der Waals surface area (Å²) < 4.78 is 2.27. The number of rotatable bonds is 2. The van der Waals surface area contributed by atoms with Crippen LogP contribution in [0.1, 0.15) is 43.2 Å². The first-order chi connectivity index (χ1) is 13.5. The first-order valence-corrected chi connectivity index (χ1v) is 10.3. The van der Waals surface area contributed by atoms with Crippen LogP contribution in [-0.2, 0) is 9.59 Å². The van der Waals surface area contributed by atoms with E-state index in [4.69, 9.17) is 0 Å². The van der Waals surface area contributed by atoms with Gasteiger partial charge in [-0.2, -0.15) is 0 Å². The molecule has 2 aliphatic rings. The SMILES string of the molecule is CC(=O)N1CC2=C(C1=O)[C@H](c1cccs1)c1cn(C(C)C)c3cccc(c13)N2. The molecule has 2 amide bonds. The molecular weight excluding hydrogens is 370 g/mol. The Balaban J connectivity index is 1.82. The van der Waals surface area contributed by atoms with Crippen molar-refractivity contribution < 1.29 is 9.59 Å². The second-order valence-corrected chi connectivity index (χ2v) is 8.64. The van der Waals surface area contributed by atoms with E-state index in [2.05, 4.69) is 48.1 Å². The van der Waals surface area contributed by atoms with Gasteiger partial charge in [-0.1, -0.05) is 12.1 Å². The van der Waals surface area contributed by atoms with E-state index in [1.807, 2.05) is 17.5 Å². The number of carbonyl (C=O) groups excluding carboxylic acids is 2. The number of benzene rings is 1. The van der Waals surface area contributed by atoms with E-state index < -0.39 is 0 Å². The summed E-state index contributed by atoms with van der Waals surface area (Å²) in [5.41, 5.74) is 4.80. The molecule has 0 unspecified atom stereocenters. The van der Waals surface area contributed by atoms with Crippen molar-refractivity contribution in [2.75, 3.05) is 11.9 Å². The van der Waals surface area contributed by atoms with Gasteiger partial charge in [0.05, 0.1) is 23.6 Å². The lowest BCUT2D eigenvalue weighted by atomic mass is 9.89. The maximum absolute atomic E-state index is 13.3. The normalized spacial score (nSPS) is 18.6. The highest BCUT2D eigenvalue weighted by molar-refractivity contribution is 7.10. The van der Waals surface area contributed by atoms with Gasteiger partial charge in [0.25, 0.3) is 5.91 Å². The number of nitrogens with zero attached hydrogens (tertiary/aromatic N) is 2. The summed E-state index contributed by atoms with van der Waals surface area (Å²) in [4.78, 5) is 27.8. The van der Waals surface area contributed by atoms with Gasteiger partial charge in [-0.05, 0) is 43.0 Å². The fraction of sp³-hybridized carbons (Fsp3) is 0.273. The fourth-order valence-electron chi connectivity index (χ4n) is 4.41. The Kier molecular flexibility index (Phi) is 3.74. The predicted octanol–water partition coefficient (Wildman–Crippen LogP) is 4.48. The lowest BCUT2D eigenvalue weighted by Crippen LogP contribution is -2.33. The standard InChI is InChI=1S/C22H21N3O2S/c1-12(2)24-10-14-19-15(6-4-7-17(19)24)23-16-11-25(13(3)26)22(27)21(16)20(14)18-8-5-9-28-18/h4-10,12,20,23H,11H2,1-3H3/t20-/m0/s1. The van der Waals surface area contributed by atoms with Crippen molar-refractivity contribution in [2.45, 2.75) is 32.7 Å². The van der Waals surface area contributed by atoms with E-state index in [1.165, 1.54) is 11.8 Å². The van der Waals surface area contributed by atoms with Gasteiger partial charge in [0.1, 0.15) is 0 Å². The van der Waals surface area contributed by atoms with Gasteiger partial charge in [0.2, 0.25) is 5.91 Å². The first kappa shape index (κ1) is 17.3. The average Bonchev–Trinajstić information content (AvgIpc) is 3.35. The Labute approximate surface area is 167 Å². The number of anilines is 1. The van der Waals surface area contributed by atoms with Crippen molar-refractivity contribution in [2.24, 2.45) is 0 Å². The molecule has 0 fully saturated rings. The molecule has 0 radical (unpaired) electrons. The first-order valence-electron chi connectivity index (χ1n) is 9.46. The van der Waals surface area contributed by atoms with E-state index in [0.717, 1.165) is 32.7 Å². The lowest BCUT2D eigenvalue weighted by Gasteiger charge is -2.18. The van der Waals surface area contributed by atoms with Crippen molar-refractivity contribution in [3.8, 4) is 0 Å². The summed E-state index contributed by atoms with van der Waals surface area (Å²) in [7, 11) is 0. The molecule has 0 saturated heterocycles. The molecule has 0 spiro atoms. The Hall–Kier alpha value is -2.86. The zero-order valence-corrected chi connectivity index (χ0v) is 16.8. The summed E-state index contributed by atoms with van der Waals surface area (Å²) in [6.45, 7) is 6.08. The van der Waals surface area contributed by atoms with Crippen LogP contribution in [0.4, 0.5) is 5.69 Å². The molecule has 4 heterocycles. The van der Waals surface area contributed by atoms with Gasteiger partial charge >= 0.3 is 0 Å². The van der Waals surface area contributed by atoms with Crippen molar-refractivity contribution in [1.82, 2.24) is 9.47 Å². The minimum atomic E-state index is -0.219. The second-order valence-electron chi connectivity index (χ2n) is 7.66. The Morgan fingerprint density at radius 1 is 1.25 bits per heavy atom. The van der Waals surface area contributed by atoms with Gasteiger partial charge in [0, 0.05) is 40.8 Å². The van der Waals surface area contributed by atoms with Crippen LogP contribution < -0.4 is 5.32 Å². The number of hydrogen-bond donors (Lipinski definition) is 1. The van der Waals surface area contributed by atoms with Crippen LogP contribution in [0.5, 0.6) is 0 Å². The third-order valence-electron chi connectivity index (χ3n) is 5.65. The van der Waals surface area contributed by atoms with Gasteiger partial charge in [0.15, 0.2) is 0 Å². The summed E-state index contributed by atoms with van der Waals surface area (Å²) in [5.74, 6) is -0.583. The molecule has 5 rings (SSSR count). The van der Waals surface area contributed by atoms with Crippen molar-refractivity contribution in [1.29, 1.82) is 0 Å². The van der Waals surface area contributed by atoms with Crippen LogP contribution in [0.25, 0.3) is 10.9 Å². The molecule has 0 saturated carbocycles. The van der Waals surface area contributed by atoms with Crippen LogP contribution in [0.2, 0.25) is 0 Å². The summed E-state index contributed by atoms with van der Waals surface area (Å²) in [6, 6.07) is 10.6. The highest BCUT2D eigenvalue weighted by Crippen LogP contribution is 2.47. The van der Waals surface area contributed by atoms with Crippen LogP contribution in [0.15, 0.2) is 53.2 Å². The van der Waals surface area contributed by atoms with Gasteiger partial charge in [-0.25, -0.2) is 0 Å². The number of nitrogens with one attached hydrogen (secondary N) is 1. The Bertz CT molecular complexity index is 1150. The molecule has 142 valence electrons. The zero-order valence-electron chi connectivity index (χ0n) is 16.0. The molecule has 28 heavy (non-hydrogen) atoms. The Morgan fingerprint density at radius 2 is 2.07 bits per heavy atom. The van der Waals surface area contributed by atoms with Crippen molar-refractivity contribution >= 4 is 39.7 Å². The number of carbonyl (C=O) groups is 2. The molecule has 2 aromatic heterocycles. The van der Waals surface area contributed by atoms with Crippen LogP contribution in [0.3, 0.4) is 0 Å². The van der Waals surface area contributed by atoms with Gasteiger partial charge in [-0.3, -0.25) is 14.5 Å². The smallest absolute Gasteiger partial charge is 0.259 e. The quantitative estimate of drug-likeness (QED) is 0.701. The summed E-state index contributed by atoms with van der Waals surface area (Å²) >= 11 is 1.65. The molecule has 1 aromatic carbocycles. The van der Waals surface area contributed by atoms with Gasteiger partial charge < -0.3 is 9.88 Å². The van der Waals surface area contributed by atoms with E-state index >= 15 is 0 Å². The highest BCUT2D eigenvalue weighted by Gasteiger charge is 2.42. The molecular formula is C22H21N3O2S. The number of amides is 2. The van der Waals surface area contributed by atoms with Crippen molar-refractivity contribution in [3.05, 3.63) is 63.6 Å². The minimum Gasteiger partial charge on any atom is -0.356 e. The molecule has 0 bridgehead atoms. The summed E-state index contributed by atoms with van der Waals surface area (Å²) in [6.07, 6.45) is 2.19. The minimum absolute atomic E-state index is 0.175. The number of thiophene rings is 1. The molecule has 3 aromatic rings. The van der Waals surface area contributed by atoms with E-state index in [0.29, 0.717) is 18.2 Å². The number of imide groups is 1. The highest BCUT2D eigenvalue weighted by atomic mass is 32.1. The van der Waals surface area contributed by atoms with Crippen LogP contribution in [0, 0.1) is 0 Å². The third-order valence-corrected chi connectivity index (χ3v) is 6.59. The molecule has 2 aliphatic heterocycles. The second kappa shape index (κ2) is 6.07. The monoisotopic (exact) mass is 391 g/mol. The zero-order chi connectivity index (χ0) is 19.6. The molecule has 6 heteroatoms. The largest absolute Gasteiger partial charge is 0.356 e. The van der Waals surface area contributed by atoms with Gasteiger partial charge in [-0.15, -0.1) is 11.3 Å². The lowest BCUT2D eigenvalue weighted by molar-refractivity contribution is -0.139. The predicted molar refractivity (Wildman–Crippen MR) is 112 cm³/mol. The van der Waals surface area contributed by atoms with E-state index in [-0.39, 0.29) is 17.7 Å². The number of hydrogen-bond acceptors (Lipinski definition) is 4. The molecule has 5 nitrogen and oxygen atoms in total. The number of aromatic nitrogens is 1. The molecule has 0 aliphatic carbocycles. The van der Waals surface area contributed by atoms with Crippen LogP contribution >= 0.6 is 11.3 Å². The fourth-order valence-corrected chi connectivity index (χ4v) is 5.26. The average molecular weight is 391 g/mol. The third kappa shape index (κ3) is 2.31. The maximum atomic E-state index is 13.3. The van der Waals surface area contributed by atoms with Crippen molar-refractivity contribution in [3.63, 3.8) is 0 Å². The molecule has 1 N–H and O–H groups in total. The Morgan fingerprint density at radius 3 is 2.75 bits per heavy atom.